The third kappa shape index (κ3) is 3.83. The summed E-state index contributed by atoms with van der Waals surface area (Å²) in [4.78, 5) is 5.36. The molecule has 4 heteroatoms. The van der Waals surface area contributed by atoms with E-state index in [9.17, 15) is 0 Å². The van der Waals surface area contributed by atoms with Crippen molar-refractivity contribution in [1.29, 1.82) is 0 Å². The number of para-hydroxylation sites is 1. The molecule has 1 aromatic carbocycles. The van der Waals surface area contributed by atoms with Crippen molar-refractivity contribution in [3.8, 4) is 0 Å². The van der Waals surface area contributed by atoms with E-state index in [1.807, 2.05) is 24.5 Å². The molecule has 3 N–H and O–H groups in total. The first kappa shape index (κ1) is 11.9. The Morgan fingerprint density at radius 2 is 2.20 bits per heavy atom. The quantitative estimate of drug-likeness (QED) is 0.468. The molecule has 0 heterocycles. The molecule has 0 aromatic heterocycles. The van der Waals surface area contributed by atoms with Crippen molar-refractivity contribution >= 4 is 23.4 Å². The largest absolute Gasteiger partial charge is 0.370 e. The Morgan fingerprint density at radius 1 is 1.47 bits per heavy atom. The predicted octanol–water partition coefficient (Wildman–Crippen LogP) is 2.55. The minimum atomic E-state index is 0.485. The zero-order chi connectivity index (χ0) is 11.1. The molecule has 0 fully saturated rings. The van der Waals surface area contributed by atoms with Crippen LogP contribution < -0.4 is 11.1 Å². The van der Waals surface area contributed by atoms with Gasteiger partial charge in [-0.25, -0.2) is 0 Å². The Bertz CT molecular complexity index is 336. The van der Waals surface area contributed by atoms with Crippen LogP contribution in [0.15, 0.2) is 34.2 Å². The van der Waals surface area contributed by atoms with Crippen molar-refractivity contribution in [3.05, 3.63) is 24.3 Å². The van der Waals surface area contributed by atoms with E-state index in [2.05, 4.69) is 23.3 Å². The number of nitrogens with one attached hydrogen (secondary N) is 1. The smallest absolute Gasteiger partial charge is 0.193 e. The first-order chi connectivity index (χ1) is 7.27. The molecule has 1 rings (SSSR count). The topological polar surface area (TPSA) is 50.4 Å². The molecule has 0 atom stereocenters. The van der Waals surface area contributed by atoms with E-state index in [0.29, 0.717) is 5.96 Å². The Hall–Kier alpha value is -1.16. The van der Waals surface area contributed by atoms with E-state index in [0.717, 1.165) is 18.7 Å². The molecule has 0 saturated carbocycles. The molecule has 0 saturated heterocycles. The van der Waals surface area contributed by atoms with Gasteiger partial charge < -0.3 is 11.1 Å². The molecule has 0 bridgehead atoms. The van der Waals surface area contributed by atoms with Gasteiger partial charge in [-0.1, -0.05) is 19.1 Å². The Kier molecular flexibility index (Phi) is 5.04. The number of thioether (sulfide) groups is 1. The number of rotatable bonds is 4. The SMILES string of the molecule is CCCN=C(N)Nc1ccccc1SC. The molecule has 0 aliphatic carbocycles. The summed E-state index contributed by atoms with van der Waals surface area (Å²) in [7, 11) is 0. The summed E-state index contributed by atoms with van der Waals surface area (Å²) >= 11 is 1.69. The van der Waals surface area contributed by atoms with E-state index in [-0.39, 0.29) is 0 Å². The number of nitrogens with two attached hydrogens (primary N) is 1. The number of guanidine groups is 1. The zero-order valence-electron chi connectivity index (χ0n) is 9.16. The van der Waals surface area contributed by atoms with Gasteiger partial charge in [0.25, 0.3) is 0 Å². The molecule has 0 spiro atoms. The number of nitrogens with zero attached hydrogens (tertiary/aromatic N) is 1. The van der Waals surface area contributed by atoms with Crippen LogP contribution in [0.1, 0.15) is 13.3 Å². The van der Waals surface area contributed by atoms with Crippen molar-refractivity contribution in [2.24, 2.45) is 10.7 Å². The maximum Gasteiger partial charge on any atom is 0.193 e. The van der Waals surface area contributed by atoms with Crippen molar-refractivity contribution < 1.29 is 0 Å². The molecule has 0 aliphatic heterocycles. The van der Waals surface area contributed by atoms with Crippen molar-refractivity contribution in [2.75, 3.05) is 18.1 Å². The number of anilines is 1. The molecular formula is C11H17N3S. The van der Waals surface area contributed by atoms with Gasteiger partial charge in [-0.3, -0.25) is 4.99 Å². The van der Waals surface area contributed by atoms with Gasteiger partial charge in [-0.2, -0.15) is 0 Å². The molecule has 0 radical (unpaired) electrons. The lowest BCUT2D eigenvalue weighted by atomic mass is 10.3. The van der Waals surface area contributed by atoms with Gasteiger partial charge in [0.05, 0.1) is 5.69 Å². The van der Waals surface area contributed by atoms with Crippen LogP contribution in [-0.4, -0.2) is 18.8 Å². The minimum Gasteiger partial charge on any atom is -0.370 e. The fraction of sp³-hybridized carbons (Fsp3) is 0.364. The summed E-state index contributed by atoms with van der Waals surface area (Å²) in [5, 5.41) is 3.10. The summed E-state index contributed by atoms with van der Waals surface area (Å²) in [6.07, 6.45) is 3.05. The van der Waals surface area contributed by atoms with Crippen LogP contribution in [0.4, 0.5) is 5.69 Å². The molecule has 15 heavy (non-hydrogen) atoms. The average Bonchev–Trinajstić information content (AvgIpc) is 2.27. The standard InChI is InChI=1S/C11H17N3S/c1-3-8-13-11(12)14-9-6-4-5-7-10(9)15-2/h4-7H,3,8H2,1-2H3,(H3,12,13,14). The summed E-state index contributed by atoms with van der Waals surface area (Å²) in [6.45, 7) is 2.84. The van der Waals surface area contributed by atoms with Crippen LogP contribution in [0.5, 0.6) is 0 Å². The fourth-order valence-corrected chi connectivity index (χ4v) is 1.71. The van der Waals surface area contributed by atoms with Crippen LogP contribution in [0.3, 0.4) is 0 Å². The number of aliphatic imine (C=N–C) groups is 1. The predicted molar refractivity (Wildman–Crippen MR) is 68.6 cm³/mol. The van der Waals surface area contributed by atoms with Crippen LogP contribution in [0.25, 0.3) is 0 Å². The second kappa shape index (κ2) is 6.35. The van der Waals surface area contributed by atoms with Crippen molar-refractivity contribution in [3.63, 3.8) is 0 Å². The van der Waals surface area contributed by atoms with Crippen molar-refractivity contribution in [1.82, 2.24) is 0 Å². The molecule has 0 unspecified atom stereocenters. The summed E-state index contributed by atoms with van der Waals surface area (Å²) in [5.41, 5.74) is 6.76. The maximum atomic E-state index is 5.75. The number of hydrogen-bond donors (Lipinski definition) is 2. The van der Waals surface area contributed by atoms with Gasteiger partial charge in [0.15, 0.2) is 5.96 Å². The molecule has 82 valence electrons. The highest BCUT2D eigenvalue weighted by Gasteiger charge is 2.00. The highest BCUT2D eigenvalue weighted by Crippen LogP contribution is 2.24. The second-order valence-electron chi connectivity index (χ2n) is 3.09. The van der Waals surface area contributed by atoms with Gasteiger partial charge in [0.1, 0.15) is 0 Å². The lowest BCUT2D eigenvalue weighted by Crippen LogP contribution is -2.23. The van der Waals surface area contributed by atoms with E-state index in [1.54, 1.807) is 11.8 Å². The minimum absolute atomic E-state index is 0.485. The maximum absolute atomic E-state index is 5.75. The normalized spacial score (nSPS) is 11.5. The summed E-state index contributed by atoms with van der Waals surface area (Å²) in [5.74, 6) is 0.485. The zero-order valence-corrected chi connectivity index (χ0v) is 9.97. The number of benzene rings is 1. The first-order valence-corrected chi connectivity index (χ1v) is 6.20. The van der Waals surface area contributed by atoms with Gasteiger partial charge >= 0.3 is 0 Å². The van der Waals surface area contributed by atoms with E-state index < -0.39 is 0 Å². The van der Waals surface area contributed by atoms with Crippen molar-refractivity contribution in [2.45, 2.75) is 18.2 Å². The second-order valence-corrected chi connectivity index (χ2v) is 3.94. The Labute approximate surface area is 95.2 Å². The number of hydrogen-bond acceptors (Lipinski definition) is 2. The van der Waals surface area contributed by atoms with Gasteiger partial charge in [-0.05, 0) is 24.8 Å². The Balaban J connectivity index is 2.71. The average molecular weight is 223 g/mol. The lowest BCUT2D eigenvalue weighted by Gasteiger charge is -2.09. The van der Waals surface area contributed by atoms with Gasteiger partial charge in [-0.15, -0.1) is 11.8 Å². The van der Waals surface area contributed by atoms with Crippen LogP contribution in [0.2, 0.25) is 0 Å². The molecule has 0 amide bonds. The molecule has 1 aromatic rings. The lowest BCUT2D eigenvalue weighted by molar-refractivity contribution is 0.929. The molecular weight excluding hydrogens is 206 g/mol. The molecule has 0 aliphatic rings. The van der Waals surface area contributed by atoms with Crippen LogP contribution in [-0.2, 0) is 0 Å². The van der Waals surface area contributed by atoms with E-state index >= 15 is 0 Å². The third-order valence-electron chi connectivity index (χ3n) is 1.88. The highest BCUT2D eigenvalue weighted by molar-refractivity contribution is 7.98. The van der Waals surface area contributed by atoms with Crippen LogP contribution >= 0.6 is 11.8 Å². The molecule has 3 nitrogen and oxygen atoms in total. The van der Waals surface area contributed by atoms with E-state index in [1.165, 1.54) is 4.90 Å². The fourth-order valence-electron chi connectivity index (χ4n) is 1.16. The monoisotopic (exact) mass is 223 g/mol. The first-order valence-electron chi connectivity index (χ1n) is 4.98. The van der Waals surface area contributed by atoms with Gasteiger partial charge in [0, 0.05) is 11.4 Å². The summed E-state index contributed by atoms with van der Waals surface area (Å²) in [6, 6.07) is 8.05. The Morgan fingerprint density at radius 3 is 2.87 bits per heavy atom. The van der Waals surface area contributed by atoms with Gasteiger partial charge in [0.2, 0.25) is 0 Å². The summed E-state index contributed by atoms with van der Waals surface area (Å²) < 4.78 is 0. The van der Waals surface area contributed by atoms with E-state index in [4.69, 9.17) is 5.73 Å². The highest BCUT2D eigenvalue weighted by atomic mass is 32.2. The third-order valence-corrected chi connectivity index (χ3v) is 2.67. The van der Waals surface area contributed by atoms with Crippen LogP contribution in [0, 0.1) is 0 Å².